The number of carbonyl (C=O) groups excluding carboxylic acids is 2. The van der Waals surface area contributed by atoms with E-state index in [1.54, 1.807) is 63.6 Å². The summed E-state index contributed by atoms with van der Waals surface area (Å²) in [6, 6.07) is 22.6. The van der Waals surface area contributed by atoms with Crippen molar-refractivity contribution in [3.63, 3.8) is 0 Å². The molecule has 0 fully saturated rings. The molecular weight excluding hydrogens is 518 g/mol. The van der Waals surface area contributed by atoms with Crippen molar-refractivity contribution in [3.8, 4) is 11.5 Å². The first-order valence-electron chi connectivity index (χ1n) is 12.4. The van der Waals surface area contributed by atoms with Gasteiger partial charge in [-0.2, -0.15) is 4.31 Å². The molecule has 3 rings (SSSR count). The normalized spacial score (nSPS) is 12.0. The molecule has 3 aromatic rings. The molecule has 10 heteroatoms. The number of hydrogen-bond acceptors (Lipinski definition) is 6. The lowest BCUT2D eigenvalue weighted by molar-refractivity contribution is -0.140. The van der Waals surface area contributed by atoms with Gasteiger partial charge < -0.3 is 19.7 Å². The highest BCUT2D eigenvalue weighted by molar-refractivity contribution is 7.88. The van der Waals surface area contributed by atoms with Gasteiger partial charge in [-0.1, -0.05) is 60.7 Å². The Morgan fingerprint density at radius 3 is 2.08 bits per heavy atom. The Kier molecular flexibility index (Phi) is 10.5. The molecule has 0 saturated carbocycles. The van der Waals surface area contributed by atoms with E-state index in [1.807, 2.05) is 36.4 Å². The third kappa shape index (κ3) is 8.56. The molecule has 3 aromatic carbocycles. The van der Waals surface area contributed by atoms with Crippen LogP contribution in [0.3, 0.4) is 0 Å². The number of sulfonamides is 1. The number of benzene rings is 3. The molecule has 2 amide bonds. The van der Waals surface area contributed by atoms with Crippen molar-refractivity contribution in [2.75, 3.05) is 27.0 Å². The molecule has 39 heavy (non-hydrogen) atoms. The summed E-state index contributed by atoms with van der Waals surface area (Å²) < 4.78 is 36.9. The van der Waals surface area contributed by atoms with E-state index in [1.165, 1.54) is 4.90 Å². The molecule has 0 aliphatic rings. The first kappa shape index (κ1) is 29.7. The Hall–Kier alpha value is -3.89. The van der Waals surface area contributed by atoms with E-state index < -0.39 is 28.5 Å². The maximum Gasteiger partial charge on any atom is 0.242 e. The van der Waals surface area contributed by atoms with E-state index >= 15 is 0 Å². The minimum atomic E-state index is -3.72. The molecule has 0 saturated heterocycles. The molecule has 0 bridgehead atoms. The summed E-state index contributed by atoms with van der Waals surface area (Å²) in [5.74, 6) is 0.426. The molecule has 0 radical (unpaired) electrons. The van der Waals surface area contributed by atoms with Crippen LogP contribution in [-0.4, -0.2) is 62.5 Å². The van der Waals surface area contributed by atoms with Crippen molar-refractivity contribution >= 4 is 21.8 Å². The summed E-state index contributed by atoms with van der Waals surface area (Å²) in [7, 11) is -0.601. The molecule has 0 aromatic heterocycles. The van der Waals surface area contributed by atoms with Crippen molar-refractivity contribution in [2.45, 2.75) is 32.6 Å². The average molecular weight is 554 g/mol. The van der Waals surface area contributed by atoms with Crippen molar-refractivity contribution in [2.24, 2.45) is 0 Å². The lowest BCUT2D eigenvalue weighted by atomic mass is 10.1. The van der Waals surface area contributed by atoms with Crippen molar-refractivity contribution in [1.82, 2.24) is 14.5 Å². The fraction of sp³-hybridized carbons (Fsp3) is 0.310. The van der Waals surface area contributed by atoms with E-state index in [4.69, 9.17) is 9.47 Å². The smallest absolute Gasteiger partial charge is 0.242 e. The minimum Gasteiger partial charge on any atom is -0.497 e. The Labute approximate surface area is 230 Å². The van der Waals surface area contributed by atoms with Crippen molar-refractivity contribution in [1.29, 1.82) is 0 Å². The van der Waals surface area contributed by atoms with E-state index in [0.29, 0.717) is 11.5 Å². The Morgan fingerprint density at radius 2 is 1.46 bits per heavy atom. The third-order valence-electron chi connectivity index (χ3n) is 6.31. The maximum atomic E-state index is 13.6. The van der Waals surface area contributed by atoms with E-state index in [2.05, 4.69) is 5.32 Å². The summed E-state index contributed by atoms with van der Waals surface area (Å²) >= 11 is 0. The third-order valence-corrected chi connectivity index (χ3v) is 7.50. The number of rotatable bonds is 13. The Balaban J connectivity index is 1.82. The van der Waals surface area contributed by atoms with Crippen LogP contribution < -0.4 is 14.8 Å². The molecule has 208 valence electrons. The predicted molar refractivity (Wildman–Crippen MR) is 150 cm³/mol. The van der Waals surface area contributed by atoms with Gasteiger partial charge in [0.1, 0.15) is 17.5 Å². The van der Waals surface area contributed by atoms with Crippen LogP contribution >= 0.6 is 0 Å². The monoisotopic (exact) mass is 553 g/mol. The van der Waals surface area contributed by atoms with Gasteiger partial charge in [-0.15, -0.1) is 0 Å². The number of amides is 2. The van der Waals surface area contributed by atoms with Crippen LogP contribution in [0.25, 0.3) is 0 Å². The molecule has 9 nitrogen and oxygen atoms in total. The van der Waals surface area contributed by atoms with Gasteiger partial charge in [0.15, 0.2) is 0 Å². The SMILES string of the molecule is COc1ccc(CN(C(=O)CN(Cc2ccccc2)S(C)(=O)=O)[C@H](C)C(=O)NCc2ccccc2OC)cc1. The number of carbonyl (C=O) groups is 2. The number of ether oxygens (including phenoxy) is 2. The van der Waals surface area contributed by atoms with E-state index in [-0.39, 0.29) is 25.5 Å². The zero-order valence-electron chi connectivity index (χ0n) is 22.7. The van der Waals surface area contributed by atoms with Gasteiger partial charge in [0.25, 0.3) is 0 Å². The topological polar surface area (TPSA) is 105 Å². The highest BCUT2D eigenvalue weighted by atomic mass is 32.2. The van der Waals surface area contributed by atoms with Crippen LogP contribution in [0.4, 0.5) is 0 Å². The number of para-hydroxylation sites is 1. The van der Waals surface area contributed by atoms with Crippen molar-refractivity contribution < 1.29 is 27.5 Å². The number of hydrogen-bond donors (Lipinski definition) is 1. The summed E-state index contributed by atoms with van der Waals surface area (Å²) in [6.45, 7) is 1.57. The van der Waals surface area contributed by atoms with Crippen LogP contribution in [0.1, 0.15) is 23.6 Å². The first-order chi connectivity index (χ1) is 18.6. The molecular formula is C29H35N3O6S. The summed E-state index contributed by atoms with van der Waals surface area (Å²) in [4.78, 5) is 28.3. The second-order valence-electron chi connectivity index (χ2n) is 9.09. The number of nitrogens with zero attached hydrogens (tertiary/aromatic N) is 2. The minimum absolute atomic E-state index is 0.0379. The largest absolute Gasteiger partial charge is 0.497 e. The summed E-state index contributed by atoms with van der Waals surface area (Å²) in [5.41, 5.74) is 2.31. The van der Waals surface area contributed by atoms with Gasteiger partial charge in [0.05, 0.1) is 27.0 Å². The fourth-order valence-corrected chi connectivity index (χ4v) is 4.74. The number of methoxy groups -OCH3 is 2. The van der Waals surface area contributed by atoms with E-state index in [9.17, 15) is 18.0 Å². The molecule has 1 N–H and O–H groups in total. The van der Waals surface area contributed by atoms with Gasteiger partial charge >= 0.3 is 0 Å². The molecule has 0 unspecified atom stereocenters. The Bertz CT molecular complexity index is 1350. The Morgan fingerprint density at radius 1 is 0.846 bits per heavy atom. The van der Waals surface area contributed by atoms with Crippen LogP contribution in [0.15, 0.2) is 78.9 Å². The van der Waals surface area contributed by atoms with Crippen LogP contribution in [-0.2, 0) is 39.2 Å². The zero-order chi connectivity index (χ0) is 28.4. The highest BCUT2D eigenvalue weighted by Gasteiger charge is 2.30. The van der Waals surface area contributed by atoms with Crippen LogP contribution in [0, 0.1) is 0 Å². The molecule has 0 heterocycles. The fourth-order valence-electron chi connectivity index (χ4n) is 4.01. The summed E-state index contributed by atoms with van der Waals surface area (Å²) in [6.07, 6.45) is 1.07. The van der Waals surface area contributed by atoms with E-state index in [0.717, 1.165) is 27.3 Å². The van der Waals surface area contributed by atoms with Gasteiger partial charge in [-0.25, -0.2) is 8.42 Å². The van der Waals surface area contributed by atoms with Crippen LogP contribution in [0.2, 0.25) is 0 Å². The van der Waals surface area contributed by atoms with Gasteiger partial charge in [-0.05, 0) is 36.2 Å². The highest BCUT2D eigenvalue weighted by Crippen LogP contribution is 2.19. The average Bonchev–Trinajstić information content (AvgIpc) is 2.94. The number of nitrogens with one attached hydrogen (secondary N) is 1. The van der Waals surface area contributed by atoms with Gasteiger partial charge in [0.2, 0.25) is 21.8 Å². The molecule has 0 aliphatic carbocycles. The lowest BCUT2D eigenvalue weighted by Gasteiger charge is -2.31. The predicted octanol–water partition coefficient (Wildman–Crippen LogP) is 3.20. The second kappa shape index (κ2) is 13.8. The summed E-state index contributed by atoms with van der Waals surface area (Å²) in [5, 5.41) is 2.87. The maximum absolute atomic E-state index is 13.6. The first-order valence-corrected chi connectivity index (χ1v) is 14.3. The molecule has 0 spiro atoms. The van der Waals surface area contributed by atoms with Gasteiger partial charge in [0, 0.05) is 25.2 Å². The molecule has 0 aliphatic heterocycles. The standard InChI is InChI=1S/C29H35N3O6S/c1-22(29(34)30-18-25-12-8-9-13-27(25)38-3)32(20-24-14-16-26(37-2)17-15-24)28(33)21-31(39(4,35)36)19-23-10-6-5-7-11-23/h5-17,22H,18-21H2,1-4H3,(H,30,34)/t22-/m1/s1. The quantitative estimate of drug-likeness (QED) is 0.349. The van der Waals surface area contributed by atoms with Crippen molar-refractivity contribution in [3.05, 3.63) is 95.6 Å². The van der Waals surface area contributed by atoms with Gasteiger partial charge in [-0.3, -0.25) is 9.59 Å². The second-order valence-corrected chi connectivity index (χ2v) is 11.1. The zero-order valence-corrected chi connectivity index (χ0v) is 23.5. The van der Waals surface area contributed by atoms with Crippen LogP contribution in [0.5, 0.6) is 11.5 Å². The molecule has 1 atom stereocenters. The lowest BCUT2D eigenvalue weighted by Crippen LogP contribution is -2.50.